The highest BCUT2D eigenvalue weighted by atomic mass is 35.5. The second-order valence-corrected chi connectivity index (χ2v) is 5.02. The Morgan fingerprint density at radius 2 is 2.12 bits per heavy atom. The van der Waals surface area contributed by atoms with E-state index in [0.29, 0.717) is 26.3 Å². The minimum absolute atomic E-state index is 0.191. The van der Waals surface area contributed by atoms with Crippen molar-refractivity contribution in [2.75, 3.05) is 5.32 Å². The number of thiazole rings is 1. The molecule has 0 bridgehead atoms. The monoisotopic (exact) mass is 286 g/mol. The summed E-state index contributed by atoms with van der Waals surface area (Å²) in [7, 11) is 0. The number of hydrogen-bond donors (Lipinski definition) is 1. The van der Waals surface area contributed by atoms with Crippen molar-refractivity contribution in [2.45, 2.75) is 6.92 Å². The van der Waals surface area contributed by atoms with Gasteiger partial charge in [-0.1, -0.05) is 23.2 Å². The van der Waals surface area contributed by atoms with E-state index in [9.17, 15) is 4.79 Å². The van der Waals surface area contributed by atoms with E-state index in [2.05, 4.69) is 10.3 Å². The van der Waals surface area contributed by atoms with Crippen LogP contribution in [0, 0.1) is 6.92 Å². The Morgan fingerprint density at radius 1 is 1.35 bits per heavy atom. The molecule has 17 heavy (non-hydrogen) atoms. The lowest BCUT2D eigenvalue weighted by atomic mass is 10.3. The molecule has 1 aromatic heterocycles. The fourth-order valence-electron chi connectivity index (χ4n) is 1.28. The molecular formula is C11H8Cl2N2OS. The molecule has 88 valence electrons. The molecular weight excluding hydrogens is 279 g/mol. The average Bonchev–Trinajstić information content (AvgIpc) is 2.70. The Balaban J connectivity index is 2.19. The van der Waals surface area contributed by atoms with Gasteiger partial charge < -0.3 is 5.32 Å². The van der Waals surface area contributed by atoms with Crippen molar-refractivity contribution >= 4 is 46.1 Å². The third-order valence-corrected chi connectivity index (χ3v) is 3.80. The van der Waals surface area contributed by atoms with E-state index < -0.39 is 0 Å². The van der Waals surface area contributed by atoms with Crippen LogP contribution in [0.25, 0.3) is 0 Å². The maximum Gasteiger partial charge on any atom is 0.267 e. The van der Waals surface area contributed by atoms with Crippen molar-refractivity contribution in [2.24, 2.45) is 0 Å². The second kappa shape index (κ2) is 5.04. The third kappa shape index (κ3) is 2.77. The molecule has 1 aromatic carbocycles. The molecule has 1 N–H and O–H groups in total. The minimum atomic E-state index is -0.191. The van der Waals surface area contributed by atoms with Crippen molar-refractivity contribution in [3.05, 3.63) is 44.3 Å². The molecule has 0 radical (unpaired) electrons. The topological polar surface area (TPSA) is 42.0 Å². The minimum Gasteiger partial charge on any atom is -0.321 e. The molecule has 0 spiro atoms. The van der Waals surface area contributed by atoms with Crippen LogP contribution in [-0.2, 0) is 0 Å². The first kappa shape index (κ1) is 12.4. The molecule has 2 rings (SSSR count). The van der Waals surface area contributed by atoms with Gasteiger partial charge in [0.25, 0.3) is 5.91 Å². The van der Waals surface area contributed by atoms with Crippen LogP contribution in [-0.4, -0.2) is 10.9 Å². The van der Waals surface area contributed by atoms with Crippen LogP contribution < -0.4 is 5.32 Å². The quantitative estimate of drug-likeness (QED) is 0.906. The van der Waals surface area contributed by atoms with E-state index in [1.54, 1.807) is 30.6 Å². The normalized spacial score (nSPS) is 10.3. The molecule has 0 aliphatic carbocycles. The number of hydrogen-bond acceptors (Lipinski definition) is 3. The predicted octanol–water partition coefficient (Wildman–Crippen LogP) is 4.01. The van der Waals surface area contributed by atoms with Gasteiger partial charge in [-0.2, -0.15) is 0 Å². The van der Waals surface area contributed by atoms with Gasteiger partial charge in [0.05, 0.1) is 21.2 Å². The summed E-state index contributed by atoms with van der Waals surface area (Å²) < 4.78 is 0. The number of carbonyl (C=O) groups is 1. The number of nitrogens with zero attached hydrogens (tertiary/aromatic N) is 1. The molecule has 0 unspecified atom stereocenters. The Hall–Kier alpha value is -1.10. The SMILES string of the molecule is Cc1ncsc1C(=O)Nc1ccc(Cl)c(Cl)c1. The summed E-state index contributed by atoms with van der Waals surface area (Å²) in [6.07, 6.45) is 0. The van der Waals surface area contributed by atoms with Gasteiger partial charge in [-0.3, -0.25) is 4.79 Å². The van der Waals surface area contributed by atoms with Crippen LogP contribution in [0.5, 0.6) is 0 Å². The molecule has 0 aliphatic rings. The van der Waals surface area contributed by atoms with Gasteiger partial charge in [0.1, 0.15) is 4.88 Å². The number of halogens is 2. The van der Waals surface area contributed by atoms with Gasteiger partial charge in [-0.15, -0.1) is 11.3 Å². The van der Waals surface area contributed by atoms with Gasteiger partial charge in [-0.25, -0.2) is 4.98 Å². The average molecular weight is 287 g/mol. The van der Waals surface area contributed by atoms with E-state index in [-0.39, 0.29) is 5.91 Å². The molecule has 2 aromatic rings. The molecule has 0 aliphatic heterocycles. The molecule has 0 saturated carbocycles. The first-order valence-corrected chi connectivity index (χ1v) is 6.38. The maximum absolute atomic E-state index is 11.9. The van der Waals surface area contributed by atoms with Gasteiger partial charge >= 0.3 is 0 Å². The van der Waals surface area contributed by atoms with E-state index in [1.165, 1.54) is 11.3 Å². The Kier molecular flexibility index (Phi) is 3.66. The van der Waals surface area contributed by atoms with E-state index >= 15 is 0 Å². The zero-order valence-corrected chi connectivity index (χ0v) is 11.2. The maximum atomic E-state index is 11.9. The zero-order valence-electron chi connectivity index (χ0n) is 8.83. The number of benzene rings is 1. The van der Waals surface area contributed by atoms with Crippen molar-refractivity contribution in [1.82, 2.24) is 4.98 Å². The molecule has 0 fully saturated rings. The summed E-state index contributed by atoms with van der Waals surface area (Å²) >= 11 is 13.0. The lowest BCUT2D eigenvalue weighted by molar-refractivity contribution is 0.103. The van der Waals surface area contributed by atoms with E-state index in [0.717, 1.165) is 0 Å². The van der Waals surface area contributed by atoms with Crippen LogP contribution >= 0.6 is 34.5 Å². The summed E-state index contributed by atoms with van der Waals surface area (Å²) in [6.45, 7) is 1.79. The largest absolute Gasteiger partial charge is 0.321 e. The fraction of sp³-hybridized carbons (Fsp3) is 0.0909. The van der Waals surface area contributed by atoms with Crippen LogP contribution in [0.3, 0.4) is 0 Å². The Bertz CT molecular complexity index is 568. The lowest BCUT2D eigenvalue weighted by Crippen LogP contribution is -2.11. The zero-order chi connectivity index (χ0) is 12.4. The molecule has 0 saturated heterocycles. The number of amides is 1. The van der Waals surface area contributed by atoms with Gasteiger partial charge in [-0.05, 0) is 25.1 Å². The summed E-state index contributed by atoms with van der Waals surface area (Å²) in [6, 6.07) is 4.94. The molecule has 1 heterocycles. The summed E-state index contributed by atoms with van der Waals surface area (Å²) in [5.74, 6) is -0.191. The van der Waals surface area contributed by atoms with Gasteiger partial charge in [0.15, 0.2) is 0 Å². The van der Waals surface area contributed by atoms with Crippen molar-refractivity contribution < 1.29 is 4.79 Å². The molecule has 1 amide bonds. The first-order valence-electron chi connectivity index (χ1n) is 4.74. The van der Waals surface area contributed by atoms with E-state index in [1.807, 2.05) is 0 Å². The highest BCUT2D eigenvalue weighted by Gasteiger charge is 2.12. The van der Waals surface area contributed by atoms with Crippen LogP contribution in [0.15, 0.2) is 23.7 Å². The molecule has 6 heteroatoms. The lowest BCUT2D eigenvalue weighted by Gasteiger charge is -2.05. The van der Waals surface area contributed by atoms with E-state index in [4.69, 9.17) is 23.2 Å². The highest BCUT2D eigenvalue weighted by Crippen LogP contribution is 2.25. The fourth-order valence-corrected chi connectivity index (χ4v) is 2.28. The smallest absolute Gasteiger partial charge is 0.267 e. The highest BCUT2D eigenvalue weighted by molar-refractivity contribution is 7.12. The third-order valence-electron chi connectivity index (χ3n) is 2.13. The summed E-state index contributed by atoms with van der Waals surface area (Å²) in [4.78, 5) is 16.5. The van der Waals surface area contributed by atoms with Crippen molar-refractivity contribution in [3.8, 4) is 0 Å². The van der Waals surface area contributed by atoms with Crippen LogP contribution in [0.1, 0.15) is 15.4 Å². The number of aryl methyl sites for hydroxylation is 1. The van der Waals surface area contributed by atoms with Gasteiger partial charge in [0, 0.05) is 5.69 Å². The van der Waals surface area contributed by atoms with Crippen molar-refractivity contribution in [1.29, 1.82) is 0 Å². The Morgan fingerprint density at radius 3 is 2.71 bits per heavy atom. The first-order chi connectivity index (χ1) is 8.08. The molecule has 0 atom stereocenters. The number of aromatic nitrogens is 1. The van der Waals surface area contributed by atoms with Gasteiger partial charge in [0.2, 0.25) is 0 Å². The number of nitrogens with one attached hydrogen (secondary N) is 1. The molecule has 3 nitrogen and oxygen atoms in total. The van der Waals surface area contributed by atoms with Crippen molar-refractivity contribution in [3.63, 3.8) is 0 Å². The van der Waals surface area contributed by atoms with Crippen LogP contribution in [0.4, 0.5) is 5.69 Å². The standard InChI is InChI=1S/C11H8Cl2N2OS/c1-6-10(17-5-14-6)11(16)15-7-2-3-8(12)9(13)4-7/h2-5H,1H3,(H,15,16). The second-order valence-electron chi connectivity index (χ2n) is 3.35. The number of carbonyl (C=O) groups excluding carboxylic acids is 1. The Labute approximate surface area is 112 Å². The van der Waals surface area contributed by atoms with Crippen LogP contribution in [0.2, 0.25) is 10.0 Å². The number of anilines is 1. The predicted molar refractivity (Wildman–Crippen MR) is 71.3 cm³/mol. The number of rotatable bonds is 2. The summed E-state index contributed by atoms with van der Waals surface area (Å²) in [5.41, 5.74) is 2.96. The summed E-state index contributed by atoms with van der Waals surface area (Å²) in [5, 5.41) is 3.61.